The Balaban J connectivity index is 1.58. The van der Waals surface area contributed by atoms with E-state index in [0.717, 1.165) is 18.7 Å². The van der Waals surface area contributed by atoms with Crippen LogP contribution in [0.25, 0.3) is 0 Å². The number of fused-ring (bicyclic) bond motifs is 1. The van der Waals surface area contributed by atoms with Crippen molar-refractivity contribution in [3.8, 4) is 0 Å². The molecule has 0 N–H and O–H groups in total. The Morgan fingerprint density at radius 1 is 1.04 bits per heavy atom. The number of carbonyl (C=O) groups is 1. The Labute approximate surface area is 159 Å². The smallest absolute Gasteiger partial charge is 0.272 e. The molecule has 4 rings (SSSR count). The molecule has 5 nitrogen and oxygen atoms in total. The molecule has 0 saturated carbocycles. The van der Waals surface area contributed by atoms with E-state index in [1.165, 1.54) is 11.1 Å². The van der Waals surface area contributed by atoms with Gasteiger partial charge in [0.1, 0.15) is 5.69 Å². The zero-order valence-corrected chi connectivity index (χ0v) is 15.4. The summed E-state index contributed by atoms with van der Waals surface area (Å²) in [5, 5.41) is 0. The maximum Gasteiger partial charge on any atom is 0.272 e. The van der Waals surface area contributed by atoms with Gasteiger partial charge in [-0.05, 0) is 42.7 Å². The van der Waals surface area contributed by atoms with E-state index in [4.69, 9.17) is 0 Å². The maximum absolute atomic E-state index is 13.0. The molecular formula is C22H22N4O. The second kappa shape index (κ2) is 7.58. The highest BCUT2D eigenvalue weighted by atomic mass is 16.2. The largest absolute Gasteiger partial charge is 0.333 e. The number of hydrogen-bond donors (Lipinski definition) is 0. The number of amides is 1. The lowest BCUT2D eigenvalue weighted by Crippen LogP contribution is -2.36. The maximum atomic E-state index is 13.0. The van der Waals surface area contributed by atoms with Crippen LogP contribution in [0.5, 0.6) is 0 Å². The van der Waals surface area contributed by atoms with Crippen molar-refractivity contribution in [2.75, 3.05) is 18.0 Å². The van der Waals surface area contributed by atoms with Crippen molar-refractivity contribution >= 4 is 17.5 Å². The predicted molar refractivity (Wildman–Crippen MR) is 106 cm³/mol. The molecule has 1 aromatic heterocycles. The van der Waals surface area contributed by atoms with Crippen LogP contribution in [0.1, 0.15) is 28.5 Å². The third kappa shape index (κ3) is 3.53. The van der Waals surface area contributed by atoms with Crippen molar-refractivity contribution in [2.24, 2.45) is 0 Å². The molecule has 1 aliphatic heterocycles. The third-order valence-corrected chi connectivity index (χ3v) is 4.91. The van der Waals surface area contributed by atoms with E-state index < -0.39 is 0 Å². The lowest BCUT2D eigenvalue weighted by molar-refractivity contribution is 0.0728. The minimum Gasteiger partial charge on any atom is -0.333 e. The van der Waals surface area contributed by atoms with Gasteiger partial charge < -0.3 is 9.80 Å². The molecule has 0 bridgehead atoms. The SMILES string of the molecule is CCN(c1ccccc1)c1nccc(C(=O)N2CCc3ccccc3C2)n1. The zero-order chi connectivity index (χ0) is 18.6. The summed E-state index contributed by atoms with van der Waals surface area (Å²) in [5.74, 6) is 0.504. The topological polar surface area (TPSA) is 49.3 Å². The predicted octanol–water partition coefficient (Wildman–Crippen LogP) is 3.83. The fourth-order valence-corrected chi connectivity index (χ4v) is 3.48. The Hall–Kier alpha value is -3.21. The second-order valence-corrected chi connectivity index (χ2v) is 6.57. The van der Waals surface area contributed by atoms with Gasteiger partial charge in [-0.15, -0.1) is 0 Å². The molecule has 2 heterocycles. The highest BCUT2D eigenvalue weighted by Gasteiger charge is 2.23. The van der Waals surface area contributed by atoms with Crippen molar-refractivity contribution in [3.63, 3.8) is 0 Å². The lowest BCUT2D eigenvalue weighted by atomic mass is 10.00. The summed E-state index contributed by atoms with van der Waals surface area (Å²) in [4.78, 5) is 25.9. The minimum atomic E-state index is -0.0442. The highest BCUT2D eigenvalue weighted by Crippen LogP contribution is 2.23. The average Bonchev–Trinajstić information content (AvgIpc) is 2.74. The van der Waals surface area contributed by atoms with Gasteiger partial charge in [-0.3, -0.25) is 4.79 Å². The van der Waals surface area contributed by atoms with Crippen molar-refractivity contribution in [3.05, 3.63) is 83.7 Å². The van der Waals surface area contributed by atoms with Gasteiger partial charge in [-0.1, -0.05) is 42.5 Å². The molecular weight excluding hydrogens is 336 g/mol. The van der Waals surface area contributed by atoms with E-state index in [1.54, 1.807) is 12.3 Å². The van der Waals surface area contributed by atoms with Gasteiger partial charge >= 0.3 is 0 Å². The zero-order valence-electron chi connectivity index (χ0n) is 15.4. The summed E-state index contributed by atoms with van der Waals surface area (Å²) in [5.41, 5.74) is 3.99. The molecule has 0 atom stereocenters. The first-order valence-corrected chi connectivity index (χ1v) is 9.28. The first-order chi connectivity index (χ1) is 13.3. The van der Waals surface area contributed by atoms with Crippen LogP contribution >= 0.6 is 0 Å². The molecule has 5 heteroatoms. The molecule has 0 fully saturated rings. The van der Waals surface area contributed by atoms with Gasteiger partial charge in [0.25, 0.3) is 5.91 Å². The summed E-state index contributed by atoms with van der Waals surface area (Å²) in [7, 11) is 0. The van der Waals surface area contributed by atoms with Crippen molar-refractivity contribution < 1.29 is 4.79 Å². The van der Waals surface area contributed by atoms with Gasteiger partial charge in [-0.25, -0.2) is 9.97 Å². The van der Waals surface area contributed by atoms with Crippen LogP contribution in [0.3, 0.4) is 0 Å². The summed E-state index contributed by atoms with van der Waals surface area (Å²) in [6.07, 6.45) is 2.55. The summed E-state index contributed by atoms with van der Waals surface area (Å²) < 4.78 is 0. The van der Waals surface area contributed by atoms with Crippen LogP contribution in [0.2, 0.25) is 0 Å². The Kier molecular flexibility index (Phi) is 4.83. The van der Waals surface area contributed by atoms with Gasteiger partial charge in [0.2, 0.25) is 5.95 Å². The van der Waals surface area contributed by atoms with Crippen LogP contribution in [-0.4, -0.2) is 33.9 Å². The first-order valence-electron chi connectivity index (χ1n) is 9.28. The number of aromatic nitrogens is 2. The molecule has 3 aromatic rings. The molecule has 0 spiro atoms. The summed E-state index contributed by atoms with van der Waals surface area (Å²) >= 11 is 0. The van der Waals surface area contributed by atoms with E-state index in [0.29, 0.717) is 24.7 Å². The number of para-hydroxylation sites is 1. The molecule has 0 radical (unpaired) electrons. The molecule has 0 saturated heterocycles. The van der Waals surface area contributed by atoms with Crippen LogP contribution in [0, 0.1) is 0 Å². The van der Waals surface area contributed by atoms with E-state index >= 15 is 0 Å². The van der Waals surface area contributed by atoms with Gasteiger partial charge in [0, 0.05) is 31.5 Å². The normalized spacial score (nSPS) is 13.1. The minimum absolute atomic E-state index is 0.0442. The van der Waals surface area contributed by atoms with Gasteiger partial charge in [0.15, 0.2) is 0 Å². The standard InChI is InChI=1S/C22H22N4O/c1-2-26(19-10-4-3-5-11-19)22-23-14-12-20(24-22)21(27)25-15-13-17-8-6-7-9-18(17)16-25/h3-12,14H,2,13,15-16H2,1H3. The number of benzene rings is 2. The molecule has 0 aliphatic carbocycles. The monoisotopic (exact) mass is 358 g/mol. The average molecular weight is 358 g/mol. The molecule has 1 aliphatic rings. The van der Waals surface area contributed by atoms with E-state index in [9.17, 15) is 4.79 Å². The molecule has 0 unspecified atom stereocenters. The van der Waals surface area contributed by atoms with Crippen LogP contribution in [0.15, 0.2) is 66.9 Å². The Morgan fingerprint density at radius 2 is 1.78 bits per heavy atom. The number of carbonyl (C=O) groups excluding carboxylic acids is 1. The number of rotatable bonds is 4. The quantitative estimate of drug-likeness (QED) is 0.711. The van der Waals surface area contributed by atoms with Crippen LogP contribution in [-0.2, 0) is 13.0 Å². The first kappa shape index (κ1) is 17.2. The van der Waals surface area contributed by atoms with E-state index in [1.807, 2.05) is 53.1 Å². The molecule has 2 aromatic carbocycles. The Bertz CT molecular complexity index is 942. The van der Waals surface area contributed by atoms with E-state index in [-0.39, 0.29) is 5.91 Å². The highest BCUT2D eigenvalue weighted by molar-refractivity contribution is 5.92. The van der Waals surface area contributed by atoms with Crippen LogP contribution < -0.4 is 4.90 Å². The van der Waals surface area contributed by atoms with Gasteiger partial charge in [-0.2, -0.15) is 0 Å². The van der Waals surface area contributed by atoms with Crippen molar-refractivity contribution in [1.29, 1.82) is 0 Å². The summed E-state index contributed by atoms with van der Waals surface area (Å²) in [6.45, 7) is 4.11. The number of anilines is 2. The lowest BCUT2D eigenvalue weighted by Gasteiger charge is -2.29. The number of nitrogens with zero attached hydrogens (tertiary/aromatic N) is 4. The third-order valence-electron chi connectivity index (χ3n) is 4.91. The van der Waals surface area contributed by atoms with Crippen molar-refractivity contribution in [1.82, 2.24) is 14.9 Å². The van der Waals surface area contributed by atoms with Crippen LogP contribution in [0.4, 0.5) is 11.6 Å². The Morgan fingerprint density at radius 3 is 2.56 bits per heavy atom. The number of hydrogen-bond acceptors (Lipinski definition) is 4. The van der Waals surface area contributed by atoms with Crippen molar-refractivity contribution in [2.45, 2.75) is 19.9 Å². The molecule has 1 amide bonds. The summed E-state index contributed by atoms with van der Waals surface area (Å²) in [6, 6.07) is 20.0. The second-order valence-electron chi connectivity index (χ2n) is 6.57. The van der Waals surface area contributed by atoms with Gasteiger partial charge in [0.05, 0.1) is 0 Å². The van der Waals surface area contributed by atoms with E-state index in [2.05, 4.69) is 28.2 Å². The molecule has 27 heavy (non-hydrogen) atoms. The molecule has 136 valence electrons. The fourth-order valence-electron chi connectivity index (χ4n) is 3.48. The fraction of sp³-hybridized carbons (Fsp3) is 0.227.